The minimum Gasteiger partial charge on any atom is -0.368 e. The first-order valence-electron chi connectivity index (χ1n) is 8.32. The minimum absolute atomic E-state index is 0.259. The molecule has 3 rings (SSSR count). The van der Waals surface area contributed by atoms with E-state index in [0.717, 1.165) is 12.0 Å². The van der Waals surface area contributed by atoms with Crippen molar-refractivity contribution in [3.63, 3.8) is 0 Å². The fourth-order valence-electron chi connectivity index (χ4n) is 2.75. The summed E-state index contributed by atoms with van der Waals surface area (Å²) in [6.45, 7) is 2.31. The number of nitrogens with zero attached hydrogens (tertiary/aromatic N) is 1. The highest BCUT2D eigenvalue weighted by Crippen LogP contribution is 2.14. The molecule has 1 aliphatic rings. The first kappa shape index (κ1) is 17.2. The lowest BCUT2D eigenvalue weighted by atomic mass is 10.0. The summed E-state index contributed by atoms with van der Waals surface area (Å²) in [5.74, 6) is 0.318. The van der Waals surface area contributed by atoms with E-state index >= 15 is 0 Å². The highest BCUT2D eigenvalue weighted by Gasteiger charge is 2.28. The van der Waals surface area contributed by atoms with Crippen molar-refractivity contribution in [2.75, 3.05) is 11.9 Å². The molecule has 2 aromatic rings. The molecule has 7 heteroatoms. The summed E-state index contributed by atoms with van der Waals surface area (Å²) >= 11 is 0. The summed E-state index contributed by atoms with van der Waals surface area (Å²) < 4.78 is 10.3. The number of hydrogen-bond acceptors (Lipinski definition) is 5. The van der Waals surface area contributed by atoms with Crippen LogP contribution in [0.2, 0.25) is 0 Å². The molecule has 2 heterocycles. The number of aromatic nitrogens is 1. The summed E-state index contributed by atoms with van der Waals surface area (Å²) in [5.41, 5.74) is 0.951. The van der Waals surface area contributed by atoms with Crippen LogP contribution in [0.4, 0.5) is 5.82 Å². The zero-order valence-corrected chi connectivity index (χ0v) is 14.0. The molecule has 7 nitrogen and oxygen atoms in total. The highest BCUT2D eigenvalue weighted by atomic mass is 16.5. The number of anilines is 1. The van der Waals surface area contributed by atoms with Gasteiger partial charge in [-0.05, 0) is 25.3 Å². The predicted molar refractivity (Wildman–Crippen MR) is 90.9 cm³/mol. The summed E-state index contributed by atoms with van der Waals surface area (Å²) in [5, 5.41) is 9.24. The lowest BCUT2D eigenvalue weighted by Gasteiger charge is -2.20. The van der Waals surface area contributed by atoms with E-state index in [4.69, 9.17) is 9.26 Å². The predicted octanol–water partition coefficient (Wildman–Crippen LogP) is 1.83. The van der Waals surface area contributed by atoms with Crippen LogP contribution >= 0.6 is 0 Å². The Labute approximate surface area is 145 Å². The molecule has 2 amide bonds. The van der Waals surface area contributed by atoms with Gasteiger partial charge in [-0.1, -0.05) is 35.5 Å². The standard InChI is InChI=1S/C18H21N3O4/c1-12-10-16(21-25-12)20-17(22)14(11-13-6-3-2-4-7-13)19-18(23)15-8-5-9-24-15/h2-4,6-7,10,14-15H,5,8-9,11H2,1H3,(H,19,23)(H,20,21,22)/t14-,15?/m1/s1. The second-order valence-electron chi connectivity index (χ2n) is 6.06. The van der Waals surface area contributed by atoms with E-state index in [2.05, 4.69) is 15.8 Å². The highest BCUT2D eigenvalue weighted by molar-refractivity contribution is 5.97. The molecular weight excluding hydrogens is 322 g/mol. The Morgan fingerprint density at radius 1 is 1.32 bits per heavy atom. The van der Waals surface area contributed by atoms with Crippen LogP contribution in [0.5, 0.6) is 0 Å². The number of benzene rings is 1. The number of rotatable bonds is 6. The molecule has 0 radical (unpaired) electrons. The molecule has 0 aliphatic carbocycles. The number of ether oxygens (including phenoxy) is 1. The number of carbonyl (C=O) groups is 2. The first-order valence-corrected chi connectivity index (χ1v) is 8.32. The van der Waals surface area contributed by atoms with Gasteiger partial charge >= 0.3 is 0 Å². The van der Waals surface area contributed by atoms with Crippen molar-refractivity contribution in [3.8, 4) is 0 Å². The number of hydrogen-bond donors (Lipinski definition) is 2. The second kappa shape index (κ2) is 7.94. The Balaban J connectivity index is 1.70. The van der Waals surface area contributed by atoms with Gasteiger partial charge in [0, 0.05) is 19.1 Å². The molecule has 1 unspecified atom stereocenters. The Bertz CT molecular complexity index is 723. The number of carbonyl (C=O) groups excluding carboxylic acids is 2. The van der Waals surface area contributed by atoms with Crippen molar-refractivity contribution in [1.82, 2.24) is 10.5 Å². The normalized spacial score (nSPS) is 17.9. The van der Waals surface area contributed by atoms with Crippen molar-refractivity contribution >= 4 is 17.6 Å². The van der Waals surface area contributed by atoms with Gasteiger partial charge in [0.1, 0.15) is 17.9 Å². The molecular formula is C18H21N3O4. The summed E-state index contributed by atoms with van der Waals surface area (Å²) in [6.07, 6.45) is 1.42. The van der Waals surface area contributed by atoms with Crippen LogP contribution in [-0.2, 0) is 20.7 Å². The molecule has 132 valence electrons. The number of aryl methyl sites for hydroxylation is 1. The monoisotopic (exact) mass is 343 g/mol. The third-order valence-electron chi connectivity index (χ3n) is 4.02. The van der Waals surface area contributed by atoms with Gasteiger partial charge in [0.25, 0.3) is 0 Å². The molecule has 1 fully saturated rings. The van der Waals surface area contributed by atoms with E-state index in [-0.39, 0.29) is 11.8 Å². The molecule has 0 bridgehead atoms. The molecule has 0 spiro atoms. The van der Waals surface area contributed by atoms with Gasteiger partial charge in [0.05, 0.1) is 0 Å². The maximum Gasteiger partial charge on any atom is 0.249 e. The van der Waals surface area contributed by atoms with Crippen LogP contribution in [-0.4, -0.2) is 35.7 Å². The summed E-state index contributed by atoms with van der Waals surface area (Å²) in [6, 6.07) is 10.4. The van der Waals surface area contributed by atoms with Crippen molar-refractivity contribution in [1.29, 1.82) is 0 Å². The number of amides is 2. The fourth-order valence-corrected chi connectivity index (χ4v) is 2.75. The van der Waals surface area contributed by atoms with E-state index < -0.39 is 12.1 Å². The molecule has 1 aromatic heterocycles. The third-order valence-corrected chi connectivity index (χ3v) is 4.02. The van der Waals surface area contributed by atoms with Crippen LogP contribution in [0, 0.1) is 6.92 Å². The quantitative estimate of drug-likeness (QED) is 0.834. The maximum atomic E-state index is 12.6. The molecule has 1 saturated heterocycles. The van der Waals surface area contributed by atoms with Gasteiger partial charge in [-0.25, -0.2) is 0 Å². The average Bonchev–Trinajstić information content (AvgIpc) is 3.27. The minimum atomic E-state index is -0.726. The van der Waals surface area contributed by atoms with Gasteiger partial charge in [-0.2, -0.15) is 0 Å². The molecule has 0 saturated carbocycles. The van der Waals surface area contributed by atoms with Gasteiger partial charge in [-0.15, -0.1) is 0 Å². The summed E-state index contributed by atoms with van der Waals surface area (Å²) in [7, 11) is 0. The zero-order valence-electron chi connectivity index (χ0n) is 14.0. The Kier molecular flexibility index (Phi) is 5.45. The zero-order chi connectivity index (χ0) is 17.6. The molecule has 1 aliphatic heterocycles. The second-order valence-corrected chi connectivity index (χ2v) is 6.06. The van der Waals surface area contributed by atoms with Gasteiger partial charge < -0.3 is 19.9 Å². The Morgan fingerprint density at radius 2 is 2.12 bits per heavy atom. The van der Waals surface area contributed by atoms with Crippen LogP contribution in [0.25, 0.3) is 0 Å². The van der Waals surface area contributed by atoms with Crippen molar-refractivity contribution in [2.24, 2.45) is 0 Å². The van der Waals surface area contributed by atoms with E-state index in [1.807, 2.05) is 30.3 Å². The maximum absolute atomic E-state index is 12.6. The third kappa shape index (κ3) is 4.67. The van der Waals surface area contributed by atoms with E-state index in [9.17, 15) is 9.59 Å². The number of nitrogens with one attached hydrogen (secondary N) is 2. The van der Waals surface area contributed by atoms with Crippen LogP contribution in [0.3, 0.4) is 0 Å². The van der Waals surface area contributed by atoms with Gasteiger partial charge in [0.2, 0.25) is 11.8 Å². The van der Waals surface area contributed by atoms with Crippen molar-refractivity contribution in [3.05, 3.63) is 47.7 Å². The Hall–Kier alpha value is -2.67. The van der Waals surface area contributed by atoms with E-state index in [1.54, 1.807) is 13.0 Å². The average molecular weight is 343 g/mol. The fraction of sp³-hybridized carbons (Fsp3) is 0.389. The van der Waals surface area contributed by atoms with Crippen molar-refractivity contribution in [2.45, 2.75) is 38.3 Å². The largest absolute Gasteiger partial charge is 0.368 e. The Morgan fingerprint density at radius 3 is 2.76 bits per heavy atom. The lowest BCUT2D eigenvalue weighted by molar-refractivity contribution is -0.133. The van der Waals surface area contributed by atoms with Crippen molar-refractivity contribution < 1.29 is 18.8 Å². The summed E-state index contributed by atoms with van der Waals surface area (Å²) in [4.78, 5) is 25.0. The SMILES string of the molecule is Cc1cc(NC(=O)[C@@H](Cc2ccccc2)NC(=O)C2CCCO2)no1. The van der Waals surface area contributed by atoms with Gasteiger partial charge in [0.15, 0.2) is 5.82 Å². The lowest BCUT2D eigenvalue weighted by Crippen LogP contribution is -2.48. The molecule has 2 N–H and O–H groups in total. The van der Waals surface area contributed by atoms with Gasteiger partial charge in [-0.3, -0.25) is 9.59 Å². The van der Waals surface area contributed by atoms with E-state index in [1.165, 1.54) is 0 Å². The molecule has 2 atom stereocenters. The molecule has 1 aromatic carbocycles. The molecule has 25 heavy (non-hydrogen) atoms. The van der Waals surface area contributed by atoms with Crippen LogP contribution in [0.1, 0.15) is 24.2 Å². The topological polar surface area (TPSA) is 93.5 Å². The van der Waals surface area contributed by atoms with E-state index in [0.29, 0.717) is 31.0 Å². The van der Waals surface area contributed by atoms with Crippen LogP contribution < -0.4 is 10.6 Å². The van der Waals surface area contributed by atoms with Crippen LogP contribution in [0.15, 0.2) is 40.9 Å². The smallest absolute Gasteiger partial charge is 0.249 e. The first-order chi connectivity index (χ1) is 12.1.